The van der Waals surface area contributed by atoms with Gasteiger partial charge in [-0.15, -0.1) is 24.0 Å². The number of rotatable bonds is 8. The first-order chi connectivity index (χ1) is 11.3. The molecule has 2 aromatic rings. The third-order valence-corrected chi connectivity index (χ3v) is 3.39. The summed E-state index contributed by atoms with van der Waals surface area (Å²) in [5, 5.41) is 6.64. The van der Waals surface area contributed by atoms with Crippen LogP contribution in [0.15, 0.2) is 48.0 Å². The Morgan fingerprint density at radius 3 is 2.83 bits per heavy atom. The quantitative estimate of drug-likeness (QED) is 0.285. The number of imidazole rings is 1. The van der Waals surface area contributed by atoms with Crippen molar-refractivity contribution in [1.82, 2.24) is 20.2 Å². The maximum Gasteiger partial charge on any atom is 0.191 e. The number of aliphatic imine (C=N–C) groups is 1. The maximum absolute atomic E-state index is 5.63. The van der Waals surface area contributed by atoms with Crippen LogP contribution in [-0.4, -0.2) is 35.7 Å². The van der Waals surface area contributed by atoms with Crippen molar-refractivity contribution >= 4 is 29.9 Å². The molecule has 2 N–H and O–H groups in total. The smallest absolute Gasteiger partial charge is 0.191 e. The van der Waals surface area contributed by atoms with Gasteiger partial charge in [-0.2, -0.15) is 0 Å². The minimum Gasteiger partial charge on any atom is -0.494 e. The number of halogens is 1. The Hall–Kier alpha value is -1.77. The van der Waals surface area contributed by atoms with Gasteiger partial charge in [-0.25, -0.2) is 4.98 Å². The van der Waals surface area contributed by atoms with Gasteiger partial charge < -0.3 is 19.9 Å². The predicted molar refractivity (Wildman–Crippen MR) is 108 cm³/mol. The summed E-state index contributed by atoms with van der Waals surface area (Å²) in [6.07, 6.45) is 6.60. The molecular weight excluding hydrogens is 417 g/mol. The SMILES string of the molecule is CCOc1ccccc1CNC(=NC)NCCCn1ccnc1.I. The van der Waals surface area contributed by atoms with Crippen LogP contribution >= 0.6 is 24.0 Å². The number of ether oxygens (including phenoxy) is 1. The highest BCUT2D eigenvalue weighted by Crippen LogP contribution is 2.17. The van der Waals surface area contributed by atoms with E-state index in [-0.39, 0.29) is 24.0 Å². The number of aryl methyl sites for hydroxylation is 1. The molecule has 7 heteroatoms. The first kappa shape index (κ1) is 20.3. The van der Waals surface area contributed by atoms with Crippen molar-refractivity contribution in [1.29, 1.82) is 0 Å². The molecule has 0 spiro atoms. The summed E-state index contributed by atoms with van der Waals surface area (Å²) in [7, 11) is 1.78. The van der Waals surface area contributed by atoms with E-state index in [2.05, 4.69) is 31.2 Å². The molecular formula is C17H26IN5O. The Kier molecular flexibility index (Phi) is 9.90. The summed E-state index contributed by atoms with van der Waals surface area (Å²) in [6.45, 7) is 5.13. The molecule has 0 amide bonds. The Bertz CT molecular complexity index is 601. The molecule has 132 valence electrons. The monoisotopic (exact) mass is 443 g/mol. The van der Waals surface area contributed by atoms with Gasteiger partial charge in [0.05, 0.1) is 12.9 Å². The molecule has 0 atom stereocenters. The van der Waals surface area contributed by atoms with Crippen LogP contribution in [-0.2, 0) is 13.1 Å². The summed E-state index contributed by atoms with van der Waals surface area (Å²) in [5.74, 6) is 1.71. The van der Waals surface area contributed by atoms with Crippen molar-refractivity contribution in [2.24, 2.45) is 4.99 Å². The van der Waals surface area contributed by atoms with Crippen LogP contribution in [0.25, 0.3) is 0 Å². The van der Waals surface area contributed by atoms with Crippen molar-refractivity contribution in [2.75, 3.05) is 20.2 Å². The predicted octanol–water partition coefficient (Wildman–Crippen LogP) is 2.66. The second-order valence-electron chi connectivity index (χ2n) is 5.05. The van der Waals surface area contributed by atoms with Gasteiger partial charge in [0.1, 0.15) is 5.75 Å². The number of nitrogens with zero attached hydrogens (tertiary/aromatic N) is 3. The normalized spacial score (nSPS) is 10.8. The topological polar surface area (TPSA) is 63.5 Å². The fourth-order valence-corrected chi connectivity index (χ4v) is 2.23. The number of aromatic nitrogens is 2. The molecule has 24 heavy (non-hydrogen) atoms. The molecule has 1 heterocycles. The summed E-state index contributed by atoms with van der Waals surface area (Å²) in [5.41, 5.74) is 1.12. The fourth-order valence-electron chi connectivity index (χ4n) is 2.23. The average Bonchev–Trinajstić information content (AvgIpc) is 3.09. The minimum absolute atomic E-state index is 0. The molecule has 0 radical (unpaired) electrons. The van der Waals surface area contributed by atoms with Gasteiger partial charge in [0.15, 0.2) is 5.96 Å². The Balaban J connectivity index is 0.00000288. The molecule has 2 rings (SSSR count). The van der Waals surface area contributed by atoms with Crippen LogP contribution in [0, 0.1) is 0 Å². The van der Waals surface area contributed by atoms with Gasteiger partial charge in [0.2, 0.25) is 0 Å². The Morgan fingerprint density at radius 2 is 2.12 bits per heavy atom. The van der Waals surface area contributed by atoms with Crippen LogP contribution in [0.4, 0.5) is 0 Å². The van der Waals surface area contributed by atoms with Gasteiger partial charge in [0, 0.05) is 44.6 Å². The second kappa shape index (κ2) is 11.7. The van der Waals surface area contributed by atoms with Gasteiger partial charge in [-0.3, -0.25) is 4.99 Å². The van der Waals surface area contributed by atoms with E-state index in [0.29, 0.717) is 13.2 Å². The van der Waals surface area contributed by atoms with Crippen molar-refractivity contribution in [3.8, 4) is 5.75 Å². The van der Waals surface area contributed by atoms with Gasteiger partial charge in [-0.05, 0) is 19.4 Å². The minimum atomic E-state index is 0. The fraction of sp³-hybridized carbons (Fsp3) is 0.412. The van der Waals surface area contributed by atoms with Crippen LogP contribution in [0.1, 0.15) is 18.9 Å². The number of para-hydroxylation sites is 1. The number of hydrogen-bond donors (Lipinski definition) is 2. The molecule has 0 fully saturated rings. The van der Waals surface area contributed by atoms with Gasteiger partial charge in [-0.1, -0.05) is 18.2 Å². The third-order valence-electron chi connectivity index (χ3n) is 3.39. The molecule has 6 nitrogen and oxygen atoms in total. The first-order valence-electron chi connectivity index (χ1n) is 7.94. The highest BCUT2D eigenvalue weighted by atomic mass is 127. The van der Waals surface area contributed by atoms with Crippen LogP contribution in [0.3, 0.4) is 0 Å². The highest BCUT2D eigenvalue weighted by Gasteiger charge is 2.03. The Morgan fingerprint density at radius 1 is 1.29 bits per heavy atom. The zero-order valence-electron chi connectivity index (χ0n) is 14.2. The number of hydrogen-bond acceptors (Lipinski definition) is 3. The zero-order chi connectivity index (χ0) is 16.3. The van der Waals surface area contributed by atoms with E-state index in [9.17, 15) is 0 Å². The van der Waals surface area contributed by atoms with Crippen molar-refractivity contribution in [2.45, 2.75) is 26.4 Å². The summed E-state index contributed by atoms with van der Waals surface area (Å²) < 4.78 is 7.70. The molecule has 0 aliphatic heterocycles. The lowest BCUT2D eigenvalue weighted by Crippen LogP contribution is -2.37. The molecule has 0 saturated heterocycles. The molecule has 0 saturated carbocycles. The standard InChI is InChI=1S/C17H25N5O.HI/c1-3-23-16-8-5-4-7-15(16)13-21-17(18-2)20-9-6-11-22-12-10-19-14-22;/h4-5,7-8,10,12,14H,3,6,9,11,13H2,1-2H3,(H2,18,20,21);1H. The number of guanidine groups is 1. The molecule has 0 aliphatic rings. The zero-order valence-corrected chi connectivity index (χ0v) is 16.6. The molecule has 1 aromatic carbocycles. The third kappa shape index (κ3) is 6.77. The van der Waals surface area contributed by atoms with Gasteiger partial charge in [0.25, 0.3) is 0 Å². The van der Waals surface area contributed by atoms with Crippen molar-refractivity contribution in [3.05, 3.63) is 48.5 Å². The summed E-state index contributed by atoms with van der Waals surface area (Å²) in [4.78, 5) is 8.28. The van der Waals surface area contributed by atoms with E-state index < -0.39 is 0 Å². The molecule has 0 bridgehead atoms. The lowest BCUT2D eigenvalue weighted by Gasteiger charge is -2.14. The van der Waals surface area contributed by atoms with E-state index in [1.54, 1.807) is 13.2 Å². The van der Waals surface area contributed by atoms with Crippen molar-refractivity contribution in [3.63, 3.8) is 0 Å². The lowest BCUT2D eigenvalue weighted by molar-refractivity contribution is 0.336. The lowest BCUT2D eigenvalue weighted by atomic mass is 10.2. The van der Waals surface area contributed by atoms with Gasteiger partial charge >= 0.3 is 0 Å². The van der Waals surface area contributed by atoms with E-state index in [1.807, 2.05) is 37.6 Å². The molecule has 0 aliphatic carbocycles. The van der Waals surface area contributed by atoms with E-state index in [0.717, 1.165) is 36.8 Å². The highest BCUT2D eigenvalue weighted by molar-refractivity contribution is 14.0. The maximum atomic E-state index is 5.63. The first-order valence-corrected chi connectivity index (χ1v) is 7.94. The summed E-state index contributed by atoms with van der Waals surface area (Å²) in [6, 6.07) is 8.05. The number of benzene rings is 1. The van der Waals surface area contributed by atoms with Crippen molar-refractivity contribution < 1.29 is 4.74 Å². The largest absolute Gasteiger partial charge is 0.494 e. The summed E-state index contributed by atoms with van der Waals surface area (Å²) >= 11 is 0. The number of nitrogens with one attached hydrogen (secondary N) is 2. The van der Waals surface area contributed by atoms with E-state index >= 15 is 0 Å². The van der Waals surface area contributed by atoms with Crippen LogP contribution in [0.2, 0.25) is 0 Å². The van der Waals surface area contributed by atoms with E-state index in [1.165, 1.54) is 0 Å². The average molecular weight is 443 g/mol. The van der Waals surface area contributed by atoms with E-state index in [4.69, 9.17) is 4.74 Å². The van der Waals surface area contributed by atoms with Crippen LogP contribution < -0.4 is 15.4 Å². The molecule has 1 aromatic heterocycles. The molecule has 0 unspecified atom stereocenters. The van der Waals surface area contributed by atoms with Crippen LogP contribution in [0.5, 0.6) is 5.75 Å². The second-order valence-corrected chi connectivity index (χ2v) is 5.05. The Labute approximate surface area is 160 Å².